The number of benzene rings is 1. The van der Waals surface area contributed by atoms with Crippen LogP contribution in [0.5, 0.6) is 0 Å². The first-order valence-electron chi connectivity index (χ1n) is 9.82. The van der Waals surface area contributed by atoms with Crippen LogP contribution in [0.1, 0.15) is 42.9 Å². The molecule has 1 saturated carbocycles. The van der Waals surface area contributed by atoms with Crippen LogP contribution in [0.25, 0.3) is 0 Å². The van der Waals surface area contributed by atoms with Gasteiger partial charge in [-0.05, 0) is 30.0 Å². The number of rotatable bonds is 5. The van der Waals surface area contributed by atoms with Crippen molar-refractivity contribution in [3.05, 3.63) is 66.0 Å². The zero-order valence-corrected chi connectivity index (χ0v) is 15.8. The Bertz CT molecular complexity index is 819. The molecule has 146 valence electrons. The average molecular weight is 379 g/mol. The van der Waals surface area contributed by atoms with Crippen molar-refractivity contribution in [2.75, 3.05) is 13.2 Å². The Morgan fingerprint density at radius 3 is 2.68 bits per heavy atom. The van der Waals surface area contributed by atoms with E-state index in [9.17, 15) is 9.59 Å². The lowest BCUT2D eigenvalue weighted by Gasteiger charge is -2.34. The Labute approximate surface area is 164 Å². The van der Waals surface area contributed by atoms with Gasteiger partial charge >= 0.3 is 0 Å². The SMILES string of the molecule is O=C1COC(C(=O)NCC2(c3ccccc3)CCCC2)C(c2cccnc2)N1. The van der Waals surface area contributed by atoms with Crippen molar-refractivity contribution in [2.24, 2.45) is 0 Å². The van der Waals surface area contributed by atoms with E-state index in [1.807, 2.05) is 12.1 Å². The number of nitrogens with one attached hydrogen (secondary N) is 2. The molecule has 2 heterocycles. The zero-order valence-electron chi connectivity index (χ0n) is 15.8. The van der Waals surface area contributed by atoms with Gasteiger partial charge in [-0.2, -0.15) is 0 Å². The number of amides is 2. The smallest absolute Gasteiger partial charge is 0.251 e. The van der Waals surface area contributed by atoms with Gasteiger partial charge in [-0.25, -0.2) is 0 Å². The molecule has 2 aromatic rings. The molecular formula is C22H25N3O3. The van der Waals surface area contributed by atoms with Crippen LogP contribution >= 0.6 is 0 Å². The zero-order chi connectivity index (χ0) is 19.4. The monoisotopic (exact) mass is 379 g/mol. The summed E-state index contributed by atoms with van der Waals surface area (Å²) in [5.74, 6) is -0.425. The molecule has 28 heavy (non-hydrogen) atoms. The van der Waals surface area contributed by atoms with Crippen molar-refractivity contribution < 1.29 is 14.3 Å². The van der Waals surface area contributed by atoms with E-state index in [4.69, 9.17) is 4.74 Å². The minimum atomic E-state index is -0.767. The first-order chi connectivity index (χ1) is 13.7. The maximum absolute atomic E-state index is 13.0. The third kappa shape index (κ3) is 3.78. The van der Waals surface area contributed by atoms with Crippen molar-refractivity contribution in [3.8, 4) is 0 Å². The first-order valence-corrected chi connectivity index (χ1v) is 9.82. The van der Waals surface area contributed by atoms with Gasteiger partial charge in [0.15, 0.2) is 6.10 Å². The second kappa shape index (κ2) is 8.10. The Morgan fingerprint density at radius 2 is 1.96 bits per heavy atom. The van der Waals surface area contributed by atoms with Gasteiger partial charge in [0.2, 0.25) is 5.91 Å². The number of nitrogens with zero attached hydrogens (tertiary/aromatic N) is 1. The van der Waals surface area contributed by atoms with Crippen LogP contribution in [0, 0.1) is 0 Å². The first kappa shape index (κ1) is 18.6. The van der Waals surface area contributed by atoms with Crippen molar-refractivity contribution in [2.45, 2.75) is 43.2 Å². The Morgan fingerprint density at radius 1 is 1.18 bits per heavy atom. The van der Waals surface area contributed by atoms with E-state index in [0.29, 0.717) is 6.54 Å². The second-order valence-electron chi connectivity index (χ2n) is 7.63. The molecule has 2 unspecified atom stereocenters. The number of carbonyl (C=O) groups excluding carboxylic acids is 2. The number of aromatic nitrogens is 1. The Kier molecular flexibility index (Phi) is 5.39. The van der Waals surface area contributed by atoms with Crippen molar-refractivity contribution >= 4 is 11.8 Å². The van der Waals surface area contributed by atoms with Gasteiger partial charge in [-0.1, -0.05) is 49.2 Å². The van der Waals surface area contributed by atoms with E-state index in [1.54, 1.807) is 18.5 Å². The maximum Gasteiger partial charge on any atom is 0.251 e. The molecule has 0 radical (unpaired) electrons. The van der Waals surface area contributed by atoms with Gasteiger partial charge in [0.1, 0.15) is 6.61 Å². The van der Waals surface area contributed by atoms with Gasteiger partial charge in [-0.3, -0.25) is 14.6 Å². The Hall–Kier alpha value is -2.73. The minimum absolute atomic E-state index is 0.0291. The third-order valence-electron chi connectivity index (χ3n) is 5.86. The fourth-order valence-electron chi connectivity index (χ4n) is 4.37. The lowest BCUT2D eigenvalue weighted by Crippen LogP contribution is -2.53. The molecule has 6 heteroatoms. The molecular weight excluding hydrogens is 354 g/mol. The number of pyridine rings is 1. The van der Waals surface area contributed by atoms with Crippen LogP contribution in [-0.2, 0) is 19.7 Å². The largest absolute Gasteiger partial charge is 0.356 e. The van der Waals surface area contributed by atoms with E-state index in [1.165, 1.54) is 18.4 Å². The molecule has 2 amide bonds. The summed E-state index contributed by atoms with van der Waals surface area (Å²) in [6.07, 6.45) is 7.00. The number of ether oxygens (including phenoxy) is 1. The van der Waals surface area contributed by atoms with E-state index in [2.05, 4.69) is 39.9 Å². The summed E-state index contributed by atoms with van der Waals surface area (Å²) in [5, 5.41) is 5.98. The highest BCUT2D eigenvalue weighted by molar-refractivity contribution is 5.86. The number of morpholine rings is 1. The van der Waals surface area contributed by atoms with Gasteiger partial charge in [0.05, 0.1) is 6.04 Å². The summed E-state index contributed by atoms with van der Waals surface area (Å²) >= 11 is 0. The molecule has 2 N–H and O–H groups in total. The molecule has 1 aromatic carbocycles. The average Bonchev–Trinajstić information content (AvgIpc) is 3.23. The van der Waals surface area contributed by atoms with Gasteiger partial charge in [-0.15, -0.1) is 0 Å². The van der Waals surface area contributed by atoms with Gasteiger partial charge in [0, 0.05) is 24.4 Å². The molecule has 1 aliphatic carbocycles. The van der Waals surface area contributed by atoms with E-state index in [-0.39, 0.29) is 23.8 Å². The standard InChI is InChI=1S/C22H25N3O3/c26-18-14-28-20(19(25-18)16-7-6-12-23-13-16)21(27)24-15-22(10-4-5-11-22)17-8-2-1-3-9-17/h1-3,6-9,12-13,19-20H,4-5,10-11,14-15H2,(H,24,27)(H,25,26). The van der Waals surface area contributed by atoms with Crippen molar-refractivity contribution in [1.82, 2.24) is 15.6 Å². The highest BCUT2D eigenvalue weighted by atomic mass is 16.5. The van der Waals surface area contributed by atoms with Gasteiger partial charge < -0.3 is 15.4 Å². The maximum atomic E-state index is 13.0. The van der Waals surface area contributed by atoms with Crippen LogP contribution in [0.15, 0.2) is 54.9 Å². The van der Waals surface area contributed by atoms with E-state index in [0.717, 1.165) is 18.4 Å². The van der Waals surface area contributed by atoms with Crippen LogP contribution < -0.4 is 10.6 Å². The predicted octanol–water partition coefficient (Wildman–Crippen LogP) is 2.27. The van der Waals surface area contributed by atoms with Crippen LogP contribution in [0.3, 0.4) is 0 Å². The minimum Gasteiger partial charge on any atom is -0.356 e. The summed E-state index contributed by atoms with van der Waals surface area (Å²) in [7, 11) is 0. The topological polar surface area (TPSA) is 80.3 Å². The molecule has 4 rings (SSSR count). The number of hydrogen-bond acceptors (Lipinski definition) is 4. The molecule has 1 aliphatic heterocycles. The van der Waals surface area contributed by atoms with Gasteiger partial charge in [0.25, 0.3) is 5.91 Å². The Balaban J connectivity index is 1.49. The molecule has 0 spiro atoms. The fraction of sp³-hybridized carbons (Fsp3) is 0.409. The van der Waals surface area contributed by atoms with E-state index < -0.39 is 12.1 Å². The number of hydrogen-bond donors (Lipinski definition) is 2. The summed E-state index contributed by atoms with van der Waals surface area (Å²) < 4.78 is 5.62. The van der Waals surface area contributed by atoms with E-state index >= 15 is 0 Å². The normalized spacial score (nSPS) is 23.8. The fourth-order valence-corrected chi connectivity index (χ4v) is 4.37. The number of carbonyl (C=O) groups is 2. The second-order valence-corrected chi connectivity index (χ2v) is 7.63. The highest BCUT2D eigenvalue weighted by Gasteiger charge is 2.39. The molecule has 1 aromatic heterocycles. The predicted molar refractivity (Wildman–Crippen MR) is 104 cm³/mol. The molecule has 2 atom stereocenters. The summed E-state index contributed by atoms with van der Waals surface area (Å²) in [6.45, 7) is 0.460. The summed E-state index contributed by atoms with van der Waals surface area (Å²) in [5.41, 5.74) is 2.00. The van der Waals surface area contributed by atoms with Crippen molar-refractivity contribution in [3.63, 3.8) is 0 Å². The van der Waals surface area contributed by atoms with Crippen LogP contribution in [-0.4, -0.2) is 36.1 Å². The molecule has 0 bridgehead atoms. The van der Waals surface area contributed by atoms with Crippen LogP contribution in [0.4, 0.5) is 0 Å². The third-order valence-corrected chi connectivity index (χ3v) is 5.86. The van der Waals surface area contributed by atoms with Crippen LogP contribution in [0.2, 0.25) is 0 Å². The lowest BCUT2D eigenvalue weighted by atomic mass is 9.78. The molecule has 2 fully saturated rings. The molecule has 1 saturated heterocycles. The summed E-state index contributed by atoms with van der Waals surface area (Å²) in [4.78, 5) is 28.9. The summed E-state index contributed by atoms with van der Waals surface area (Å²) in [6, 6.07) is 13.5. The van der Waals surface area contributed by atoms with Crippen molar-refractivity contribution in [1.29, 1.82) is 0 Å². The molecule has 6 nitrogen and oxygen atoms in total. The molecule has 2 aliphatic rings. The highest BCUT2D eigenvalue weighted by Crippen LogP contribution is 2.40. The quantitative estimate of drug-likeness (QED) is 0.835. The lowest BCUT2D eigenvalue weighted by molar-refractivity contribution is -0.148.